The molecule has 126 valence electrons. The van der Waals surface area contributed by atoms with Crippen LogP contribution in [0.15, 0.2) is 52.5 Å². The van der Waals surface area contributed by atoms with Crippen molar-refractivity contribution in [3.8, 4) is 0 Å². The first-order valence-electron chi connectivity index (χ1n) is 6.40. The van der Waals surface area contributed by atoms with Crippen LogP contribution in [0.1, 0.15) is 0 Å². The first-order chi connectivity index (χ1) is 11.2. The molecule has 2 aromatic carbocycles. The summed E-state index contributed by atoms with van der Waals surface area (Å²) in [6.45, 7) is 0. The Bertz CT molecular complexity index is 1140. The van der Waals surface area contributed by atoms with Crippen LogP contribution >= 0.6 is 11.6 Å². The maximum Gasteiger partial charge on any atom is 0.262 e. The Kier molecular flexibility index (Phi) is 4.00. The smallest absolute Gasteiger partial charge is 0.262 e. The Hall–Kier alpha value is -2.14. The van der Waals surface area contributed by atoms with E-state index in [0.29, 0.717) is 0 Å². The fourth-order valence-corrected chi connectivity index (χ4v) is 3.79. The van der Waals surface area contributed by atoms with Gasteiger partial charge in [0.25, 0.3) is 10.0 Å². The molecule has 0 amide bonds. The summed E-state index contributed by atoms with van der Waals surface area (Å²) in [5, 5.41) is -0.547. The van der Waals surface area contributed by atoms with E-state index >= 15 is 0 Å². The van der Waals surface area contributed by atoms with Gasteiger partial charge in [-0.25, -0.2) is 21.8 Å². The molecule has 24 heavy (non-hydrogen) atoms. The van der Waals surface area contributed by atoms with Gasteiger partial charge in [-0.2, -0.15) is 0 Å². The van der Waals surface area contributed by atoms with Crippen molar-refractivity contribution in [1.29, 1.82) is 0 Å². The minimum absolute atomic E-state index is 0.103. The van der Waals surface area contributed by atoms with Gasteiger partial charge >= 0.3 is 0 Å². The average Bonchev–Trinajstić information content (AvgIpc) is 2.93. The van der Waals surface area contributed by atoms with Gasteiger partial charge in [0.05, 0.1) is 26.6 Å². The van der Waals surface area contributed by atoms with E-state index in [4.69, 9.17) is 11.6 Å². The molecule has 0 aliphatic carbocycles. The van der Waals surface area contributed by atoms with Crippen molar-refractivity contribution in [3.63, 3.8) is 0 Å². The van der Waals surface area contributed by atoms with E-state index in [2.05, 4.69) is 14.7 Å². The van der Waals surface area contributed by atoms with Crippen LogP contribution in [0.4, 0.5) is 5.69 Å². The minimum atomic E-state index is -4.77. The second-order valence-electron chi connectivity index (χ2n) is 4.76. The Morgan fingerprint density at radius 2 is 1.79 bits per heavy atom. The van der Waals surface area contributed by atoms with E-state index in [0.717, 1.165) is 0 Å². The van der Waals surface area contributed by atoms with E-state index in [9.17, 15) is 21.4 Å². The highest BCUT2D eigenvalue weighted by Crippen LogP contribution is 2.25. The molecule has 11 heteroatoms. The molecule has 0 unspecified atom stereocenters. The standard InChI is InChI=1S/C13H10ClN3O5S2/c14-9-3-1-2-4-10(9)17-23(18,19)8-5-6-11-12(7-8)16-13(15-11)24(20,21)22/h1-7,17H,(H,15,16)(H,20,21,22)/p-1. The highest BCUT2D eigenvalue weighted by atomic mass is 35.5. The first kappa shape index (κ1) is 16.7. The highest BCUT2D eigenvalue weighted by Gasteiger charge is 2.18. The largest absolute Gasteiger partial charge is 0.742 e. The lowest BCUT2D eigenvalue weighted by molar-refractivity contribution is 0.456. The fraction of sp³-hybridized carbons (Fsp3) is 0. The monoisotopic (exact) mass is 386 g/mol. The lowest BCUT2D eigenvalue weighted by atomic mass is 10.3. The summed E-state index contributed by atoms with van der Waals surface area (Å²) in [6.07, 6.45) is 0. The summed E-state index contributed by atoms with van der Waals surface area (Å²) in [4.78, 5) is 5.76. The average molecular weight is 387 g/mol. The number of nitrogens with one attached hydrogen (secondary N) is 2. The Balaban J connectivity index is 2.03. The quantitative estimate of drug-likeness (QED) is 0.658. The summed E-state index contributed by atoms with van der Waals surface area (Å²) in [7, 11) is -8.73. The Morgan fingerprint density at radius 1 is 1.08 bits per heavy atom. The van der Waals surface area contributed by atoms with E-state index in [1.165, 1.54) is 30.3 Å². The lowest BCUT2D eigenvalue weighted by Gasteiger charge is -2.09. The topological polar surface area (TPSA) is 132 Å². The van der Waals surface area contributed by atoms with Gasteiger partial charge in [0.15, 0.2) is 10.1 Å². The second kappa shape index (κ2) is 5.74. The molecule has 0 saturated carbocycles. The van der Waals surface area contributed by atoms with Crippen LogP contribution in [0.2, 0.25) is 5.02 Å². The van der Waals surface area contributed by atoms with E-state index in [1.807, 2.05) is 0 Å². The van der Waals surface area contributed by atoms with Crippen molar-refractivity contribution >= 4 is 48.5 Å². The molecule has 0 atom stereocenters. The van der Waals surface area contributed by atoms with E-state index < -0.39 is 25.3 Å². The van der Waals surface area contributed by atoms with Crippen molar-refractivity contribution in [2.24, 2.45) is 0 Å². The number of nitrogens with zero attached hydrogens (tertiary/aromatic N) is 1. The van der Waals surface area contributed by atoms with Gasteiger partial charge in [0, 0.05) is 0 Å². The summed E-state index contributed by atoms with van der Waals surface area (Å²) < 4.78 is 60.1. The first-order valence-corrected chi connectivity index (χ1v) is 9.67. The van der Waals surface area contributed by atoms with Gasteiger partial charge in [-0.05, 0) is 30.3 Å². The number of anilines is 1. The molecule has 0 fully saturated rings. The number of hydrogen-bond acceptors (Lipinski definition) is 6. The number of H-pyrrole nitrogens is 1. The molecule has 0 bridgehead atoms. The predicted octanol–water partition coefficient (Wildman–Crippen LogP) is 1.92. The third-order valence-corrected chi connectivity index (χ3v) is 5.46. The zero-order chi connectivity index (χ0) is 17.5. The number of sulfonamides is 1. The summed E-state index contributed by atoms with van der Waals surface area (Å²) >= 11 is 5.92. The molecule has 2 N–H and O–H groups in total. The Labute approximate surface area is 142 Å². The van der Waals surface area contributed by atoms with Gasteiger partial charge in [-0.15, -0.1) is 0 Å². The third-order valence-electron chi connectivity index (χ3n) is 3.10. The molecule has 3 rings (SSSR count). The number of hydrogen-bond donors (Lipinski definition) is 2. The highest BCUT2D eigenvalue weighted by molar-refractivity contribution is 7.92. The number of aromatic nitrogens is 2. The molecular formula is C13H9ClN3O5S2-. The van der Waals surface area contributed by atoms with Crippen LogP contribution in [0, 0.1) is 0 Å². The van der Waals surface area contributed by atoms with Crippen LogP contribution in [0.3, 0.4) is 0 Å². The zero-order valence-corrected chi connectivity index (χ0v) is 14.1. The zero-order valence-electron chi connectivity index (χ0n) is 11.7. The molecule has 1 heterocycles. The van der Waals surface area contributed by atoms with Crippen LogP contribution < -0.4 is 4.72 Å². The maximum atomic E-state index is 12.4. The van der Waals surface area contributed by atoms with Gasteiger partial charge in [0.1, 0.15) is 0 Å². The number of aromatic amines is 1. The van der Waals surface area contributed by atoms with Gasteiger partial charge < -0.3 is 9.54 Å². The Morgan fingerprint density at radius 3 is 2.46 bits per heavy atom. The van der Waals surface area contributed by atoms with Crippen molar-refractivity contribution in [2.45, 2.75) is 10.1 Å². The molecule has 1 aromatic heterocycles. The molecular weight excluding hydrogens is 378 g/mol. The number of benzene rings is 2. The van der Waals surface area contributed by atoms with Crippen molar-refractivity contribution in [3.05, 3.63) is 47.5 Å². The normalized spacial score (nSPS) is 12.4. The predicted molar refractivity (Wildman–Crippen MR) is 86.3 cm³/mol. The molecule has 0 spiro atoms. The number of imidazole rings is 1. The number of rotatable bonds is 4. The third kappa shape index (κ3) is 3.22. The van der Waals surface area contributed by atoms with Crippen LogP contribution in [-0.4, -0.2) is 31.4 Å². The van der Waals surface area contributed by atoms with Gasteiger partial charge in [-0.1, -0.05) is 23.7 Å². The van der Waals surface area contributed by atoms with Gasteiger partial charge in [0.2, 0.25) is 5.16 Å². The lowest BCUT2D eigenvalue weighted by Crippen LogP contribution is -2.13. The fourth-order valence-electron chi connectivity index (χ4n) is 2.00. The SMILES string of the molecule is O=S(=O)([O-])c1nc2ccc(S(=O)(=O)Nc3ccccc3Cl)cc2[nH]1. The van der Waals surface area contributed by atoms with Crippen LogP contribution in [0.5, 0.6) is 0 Å². The molecule has 8 nitrogen and oxygen atoms in total. The minimum Gasteiger partial charge on any atom is -0.742 e. The number of para-hydroxylation sites is 1. The van der Waals surface area contributed by atoms with Crippen molar-refractivity contribution < 1.29 is 21.4 Å². The molecule has 0 aliphatic rings. The summed E-state index contributed by atoms with van der Waals surface area (Å²) in [5.41, 5.74) is 0.458. The summed E-state index contributed by atoms with van der Waals surface area (Å²) in [5.74, 6) is 0. The van der Waals surface area contributed by atoms with E-state index in [1.54, 1.807) is 12.1 Å². The number of halogens is 1. The van der Waals surface area contributed by atoms with Gasteiger partial charge in [-0.3, -0.25) is 4.72 Å². The summed E-state index contributed by atoms with van der Waals surface area (Å²) in [6, 6.07) is 10.0. The van der Waals surface area contributed by atoms with Crippen molar-refractivity contribution in [1.82, 2.24) is 9.97 Å². The van der Waals surface area contributed by atoms with Crippen LogP contribution in [0.25, 0.3) is 11.0 Å². The molecule has 0 saturated heterocycles. The number of fused-ring (bicyclic) bond motifs is 1. The second-order valence-corrected chi connectivity index (χ2v) is 8.14. The molecule has 3 aromatic rings. The van der Waals surface area contributed by atoms with E-state index in [-0.39, 0.29) is 26.6 Å². The molecule has 0 radical (unpaired) electrons. The maximum absolute atomic E-state index is 12.4. The van der Waals surface area contributed by atoms with Crippen molar-refractivity contribution in [2.75, 3.05) is 4.72 Å². The molecule has 0 aliphatic heterocycles. The van der Waals surface area contributed by atoms with Crippen LogP contribution in [-0.2, 0) is 20.1 Å².